The number of methoxy groups -OCH3 is 1. The Morgan fingerprint density at radius 1 is 1.06 bits per heavy atom. The van der Waals surface area contributed by atoms with E-state index in [2.05, 4.69) is 33.7 Å². The van der Waals surface area contributed by atoms with Crippen LogP contribution in [0.4, 0.5) is 0 Å². The molecule has 1 aromatic heterocycles. The van der Waals surface area contributed by atoms with Crippen LogP contribution in [0.15, 0.2) is 41.2 Å². The number of pyridine rings is 1. The lowest BCUT2D eigenvalue weighted by Gasteiger charge is -2.35. The first-order valence-corrected chi connectivity index (χ1v) is 12.8. The number of carbonyl (C=O) groups is 1. The van der Waals surface area contributed by atoms with Crippen LogP contribution < -0.4 is 5.43 Å². The predicted octanol–water partition coefficient (Wildman–Crippen LogP) is 3.88. The molecule has 6 nitrogen and oxygen atoms in total. The van der Waals surface area contributed by atoms with E-state index in [0.717, 1.165) is 50.4 Å². The molecule has 1 amide bonds. The molecule has 2 heterocycles. The van der Waals surface area contributed by atoms with E-state index in [1.807, 2.05) is 17.9 Å². The molecule has 0 spiro atoms. The molecule has 1 aliphatic heterocycles. The van der Waals surface area contributed by atoms with Gasteiger partial charge in [0.1, 0.15) is 5.56 Å². The molecular formula is C28H39N3O3. The third-order valence-electron chi connectivity index (χ3n) is 7.44. The minimum Gasteiger partial charge on any atom is -0.385 e. The number of hydrogen-bond acceptors (Lipinski definition) is 4. The normalized spacial score (nSPS) is 17.4. The van der Waals surface area contributed by atoms with E-state index in [0.29, 0.717) is 31.2 Å². The van der Waals surface area contributed by atoms with E-state index in [9.17, 15) is 9.59 Å². The summed E-state index contributed by atoms with van der Waals surface area (Å²) in [5.74, 6) is 0.474. The SMILES string of the molecule is COCCCn1c(C)cc(=O)c(C(=O)N2CCN(Cc3ccccc3)CC2)c1CC1CCCC1. The summed E-state index contributed by atoms with van der Waals surface area (Å²) >= 11 is 0. The van der Waals surface area contributed by atoms with Gasteiger partial charge < -0.3 is 14.2 Å². The van der Waals surface area contributed by atoms with Gasteiger partial charge in [-0.2, -0.15) is 0 Å². The molecule has 2 aliphatic rings. The quantitative estimate of drug-likeness (QED) is 0.528. The first-order valence-electron chi connectivity index (χ1n) is 12.8. The Morgan fingerprint density at radius 2 is 1.76 bits per heavy atom. The number of benzene rings is 1. The molecule has 0 radical (unpaired) electrons. The fourth-order valence-corrected chi connectivity index (χ4v) is 5.55. The van der Waals surface area contributed by atoms with Crippen molar-refractivity contribution >= 4 is 5.91 Å². The van der Waals surface area contributed by atoms with Gasteiger partial charge in [0, 0.05) is 70.4 Å². The number of carbonyl (C=O) groups excluding carboxylic acids is 1. The van der Waals surface area contributed by atoms with Gasteiger partial charge in [0.05, 0.1) is 0 Å². The zero-order chi connectivity index (χ0) is 23.9. The molecule has 6 heteroatoms. The second-order valence-corrected chi connectivity index (χ2v) is 9.88. The Kier molecular flexibility index (Phi) is 8.57. The molecular weight excluding hydrogens is 426 g/mol. The topological polar surface area (TPSA) is 54.8 Å². The van der Waals surface area contributed by atoms with E-state index >= 15 is 0 Å². The Hall–Kier alpha value is -2.44. The molecule has 1 saturated heterocycles. The lowest BCUT2D eigenvalue weighted by atomic mass is 9.96. The van der Waals surface area contributed by atoms with Crippen molar-refractivity contribution < 1.29 is 9.53 Å². The Bertz CT molecular complexity index is 1000. The smallest absolute Gasteiger partial charge is 0.259 e. The van der Waals surface area contributed by atoms with Crippen LogP contribution in [0, 0.1) is 12.8 Å². The van der Waals surface area contributed by atoms with Crippen LogP contribution in [0.25, 0.3) is 0 Å². The average Bonchev–Trinajstić information content (AvgIpc) is 3.35. The fraction of sp³-hybridized carbons (Fsp3) is 0.571. The van der Waals surface area contributed by atoms with Crippen LogP contribution in [0.1, 0.15) is 59.4 Å². The Labute approximate surface area is 203 Å². The highest BCUT2D eigenvalue weighted by molar-refractivity contribution is 5.95. The number of piperazine rings is 1. The second-order valence-electron chi connectivity index (χ2n) is 9.88. The minimum absolute atomic E-state index is 0.0853. The van der Waals surface area contributed by atoms with Crippen LogP contribution in [0.5, 0.6) is 0 Å². The summed E-state index contributed by atoms with van der Waals surface area (Å²) in [6.45, 7) is 7.29. The van der Waals surface area contributed by atoms with Gasteiger partial charge in [-0.05, 0) is 31.2 Å². The van der Waals surface area contributed by atoms with Crippen molar-refractivity contribution in [1.82, 2.24) is 14.4 Å². The second kappa shape index (κ2) is 11.8. The number of nitrogens with zero attached hydrogens (tertiary/aromatic N) is 3. The standard InChI is InChI=1S/C28H39N3O3/c1-22-19-26(32)27(25(20-23-9-6-7-10-23)31(22)13-8-18-34-2)28(33)30-16-14-29(15-17-30)21-24-11-4-3-5-12-24/h3-5,11-12,19,23H,6-10,13-18,20-21H2,1-2H3. The summed E-state index contributed by atoms with van der Waals surface area (Å²) in [5, 5.41) is 0. The van der Waals surface area contributed by atoms with Gasteiger partial charge in [-0.3, -0.25) is 14.5 Å². The van der Waals surface area contributed by atoms with Gasteiger partial charge in [-0.1, -0.05) is 56.0 Å². The maximum absolute atomic E-state index is 13.7. The third-order valence-corrected chi connectivity index (χ3v) is 7.44. The van der Waals surface area contributed by atoms with Gasteiger partial charge in [0.2, 0.25) is 0 Å². The summed E-state index contributed by atoms with van der Waals surface area (Å²) in [6, 6.07) is 12.1. The van der Waals surface area contributed by atoms with Crippen molar-refractivity contribution in [3.63, 3.8) is 0 Å². The third kappa shape index (κ3) is 5.97. The first-order chi connectivity index (χ1) is 16.6. The molecule has 1 aliphatic carbocycles. The summed E-state index contributed by atoms with van der Waals surface area (Å²) < 4.78 is 7.49. The Balaban J connectivity index is 1.53. The molecule has 0 bridgehead atoms. The number of aryl methyl sites for hydroxylation is 1. The summed E-state index contributed by atoms with van der Waals surface area (Å²) in [7, 11) is 1.71. The van der Waals surface area contributed by atoms with Crippen molar-refractivity contribution in [2.45, 2.75) is 58.5 Å². The van der Waals surface area contributed by atoms with Crippen LogP contribution >= 0.6 is 0 Å². The molecule has 4 rings (SSSR count). The van der Waals surface area contributed by atoms with Gasteiger partial charge in [-0.15, -0.1) is 0 Å². The Morgan fingerprint density at radius 3 is 2.44 bits per heavy atom. The predicted molar refractivity (Wildman–Crippen MR) is 135 cm³/mol. The van der Waals surface area contributed by atoms with Gasteiger partial charge in [0.25, 0.3) is 5.91 Å². The molecule has 0 unspecified atom stereocenters. The van der Waals surface area contributed by atoms with Crippen LogP contribution in [0.2, 0.25) is 0 Å². The molecule has 184 valence electrons. The molecule has 2 fully saturated rings. The highest BCUT2D eigenvalue weighted by Crippen LogP contribution is 2.29. The maximum atomic E-state index is 13.7. The number of hydrogen-bond donors (Lipinski definition) is 0. The van der Waals surface area contributed by atoms with E-state index in [-0.39, 0.29) is 11.3 Å². The zero-order valence-corrected chi connectivity index (χ0v) is 20.8. The van der Waals surface area contributed by atoms with E-state index < -0.39 is 0 Å². The lowest BCUT2D eigenvalue weighted by molar-refractivity contribution is 0.0624. The summed E-state index contributed by atoms with van der Waals surface area (Å²) in [5.41, 5.74) is 3.47. The molecule has 1 saturated carbocycles. The zero-order valence-electron chi connectivity index (χ0n) is 20.8. The number of amides is 1. The van der Waals surface area contributed by atoms with E-state index in [1.54, 1.807) is 13.2 Å². The van der Waals surface area contributed by atoms with E-state index in [1.165, 1.54) is 31.2 Å². The van der Waals surface area contributed by atoms with Crippen LogP contribution in [-0.4, -0.2) is 60.2 Å². The minimum atomic E-state index is -0.120. The molecule has 34 heavy (non-hydrogen) atoms. The lowest BCUT2D eigenvalue weighted by Crippen LogP contribution is -2.49. The van der Waals surface area contributed by atoms with Crippen molar-refractivity contribution in [3.8, 4) is 0 Å². The van der Waals surface area contributed by atoms with Crippen molar-refractivity contribution in [2.24, 2.45) is 5.92 Å². The molecule has 0 N–H and O–H groups in total. The van der Waals surface area contributed by atoms with Gasteiger partial charge in [-0.25, -0.2) is 0 Å². The summed E-state index contributed by atoms with van der Waals surface area (Å²) in [4.78, 5) is 31.2. The number of ether oxygens (including phenoxy) is 1. The van der Waals surface area contributed by atoms with Crippen LogP contribution in [-0.2, 0) is 24.2 Å². The van der Waals surface area contributed by atoms with Crippen molar-refractivity contribution in [3.05, 3.63) is 69.1 Å². The molecule has 1 aromatic carbocycles. The van der Waals surface area contributed by atoms with Gasteiger partial charge >= 0.3 is 0 Å². The summed E-state index contributed by atoms with van der Waals surface area (Å²) in [6.07, 6.45) is 6.55. The molecule has 2 aromatic rings. The number of aromatic nitrogens is 1. The van der Waals surface area contributed by atoms with Crippen molar-refractivity contribution in [1.29, 1.82) is 0 Å². The highest BCUT2D eigenvalue weighted by Gasteiger charge is 2.29. The average molecular weight is 466 g/mol. The fourth-order valence-electron chi connectivity index (χ4n) is 5.55. The van der Waals surface area contributed by atoms with Gasteiger partial charge in [0.15, 0.2) is 5.43 Å². The van der Waals surface area contributed by atoms with E-state index in [4.69, 9.17) is 4.74 Å². The van der Waals surface area contributed by atoms with Crippen molar-refractivity contribution in [2.75, 3.05) is 39.9 Å². The largest absolute Gasteiger partial charge is 0.385 e. The first kappa shape index (κ1) is 24.7. The van der Waals surface area contributed by atoms with Crippen LogP contribution in [0.3, 0.4) is 0 Å². The molecule has 0 atom stereocenters. The monoisotopic (exact) mass is 465 g/mol. The number of rotatable bonds is 9. The maximum Gasteiger partial charge on any atom is 0.259 e. The highest BCUT2D eigenvalue weighted by atomic mass is 16.5.